The Morgan fingerprint density at radius 3 is 3.00 bits per heavy atom. The van der Waals surface area contributed by atoms with Gasteiger partial charge in [-0.15, -0.1) is 10.2 Å². The van der Waals surface area contributed by atoms with E-state index in [1.807, 2.05) is 38.2 Å². The Morgan fingerprint density at radius 1 is 1.38 bits per heavy atom. The number of rotatable bonds is 4. The number of carbonyl (C=O) groups excluding carboxylic acids is 2. The highest BCUT2D eigenvalue weighted by Gasteiger charge is 2.43. The van der Waals surface area contributed by atoms with E-state index < -0.39 is 5.60 Å². The SMILES string of the molecule is Cc1nnc(SCC(=O)N[C@@H]2C[C@@]3(CCC(=O)N(C)CC3)Oc3ccccc32)s1. The molecule has 2 aliphatic heterocycles. The lowest BCUT2D eigenvalue weighted by Crippen LogP contribution is -2.46. The van der Waals surface area contributed by atoms with E-state index in [0.29, 0.717) is 31.6 Å². The molecule has 0 saturated carbocycles. The van der Waals surface area contributed by atoms with Crippen LogP contribution in [0.3, 0.4) is 0 Å². The fraction of sp³-hybridized carbons (Fsp3) is 0.500. The van der Waals surface area contributed by atoms with E-state index in [1.165, 1.54) is 23.1 Å². The van der Waals surface area contributed by atoms with Gasteiger partial charge in [-0.25, -0.2) is 0 Å². The topological polar surface area (TPSA) is 84.4 Å². The van der Waals surface area contributed by atoms with Crippen LogP contribution >= 0.6 is 23.1 Å². The number of carbonyl (C=O) groups is 2. The third-order valence-corrected chi connectivity index (χ3v) is 7.46. The molecule has 2 atom stereocenters. The summed E-state index contributed by atoms with van der Waals surface area (Å²) in [6, 6.07) is 7.72. The monoisotopic (exact) mass is 432 g/mol. The van der Waals surface area contributed by atoms with Crippen molar-refractivity contribution in [2.24, 2.45) is 0 Å². The largest absolute Gasteiger partial charge is 0.487 e. The summed E-state index contributed by atoms with van der Waals surface area (Å²) < 4.78 is 7.23. The third kappa shape index (κ3) is 4.56. The molecular weight excluding hydrogens is 408 g/mol. The van der Waals surface area contributed by atoms with Crippen molar-refractivity contribution in [1.82, 2.24) is 20.4 Å². The molecule has 1 N–H and O–H groups in total. The van der Waals surface area contributed by atoms with Crippen molar-refractivity contribution in [2.45, 2.75) is 48.6 Å². The van der Waals surface area contributed by atoms with E-state index in [2.05, 4.69) is 15.5 Å². The number of nitrogens with one attached hydrogen (secondary N) is 1. The molecule has 2 aliphatic rings. The van der Waals surface area contributed by atoms with Gasteiger partial charge in [0.15, 0.2) is 4.34 Å². The molecule has 0 radical (unpaired) electrons. The van der Waals surface area contributed by atoms with E-state index in [0.717, 1.165) is 27.1 Å². The Kier molecular flexibility index (Phi) is 5.78. The normalized spacial score (nSPS) is 24.0. The highest BCUT2D eigenvalue weighted by Crippen LogP contribution is 2.44. The van der Waals surface area contributed by atoms with Crippen LogP contribution in [0.4, 0.5) is 0 Å². The first-order valence-corrected chi connectivity index (χ1v) is 11.5. The van der Waals surface area contributed by atoms with Crippen molar-refractivity contribution < 1.29 is 14.3 Å². The van der Waals surface area contributed by atoms with Gasteiger partial charge in [0.05, 0.1) is 11.8 Å². The number of hydrogen-bond donors (Lipinski definition) is 1. The number of nitrogens with zero attached hydrogens (tertiary/aromatic N) is 3. The number of amides is 2. The number of para-hydroxylation sites is 1. The number of ether oxygens (including phenoxy) is 1. The average molecular weight is 433 g/mol. The maximum Gasteiger partial charge on any atom is 0.230 e. The molecule has 154 valence electrons. The summed E-state index contributed by atoms with van der Waals surface area (Å²) in [7, 11) is 1.84. The zero-order valence-corrected chi connectivity index (χ0v) is 18.1. The zero-order valence-electron chi connectivity index (χ0n) is 16.5. The lowest BCUT2D eigenvalue weighted by atomic mass is 9.82. The first kappa shape index (κ1) is 20.2. The van der Waals surface area contributed by atoms with Gasteiger partial charge in [-0.2, -0.15) is 0 Å². The van der Waals surface area contributed by atoms with Gasteiger partial charge in [-0.1, -0.05) is 41.3 Å². The summed E-state index contributed by atoms with van der Waals surface area (Å²) in [5.74, 6) is 1.20. The van der Waals surface area contributed by atoms with Crippen LogP contribution in [-0.4, -0.2) is 51.9 Å². The Labute approximate surface area is 178 Å². The van der Waals surface area contributed by atoms with Gasteiger partial charge in [-0.3, -0.25) is 9.59 Å². The smallest absolute Gasteiger partial charge is 0.230 e. The van der Waals surface area contributed by atoms with Gasteiger partial charge in [0, 0.05) is 38.4 Å². The number of aryl methyl sites for hydroxylation is 1. The average Bonchev–Trinajstić information content (AvgIpc) is 3.08. The van der Waals surface area contributed by atoms with Crippen molar-refractivity contribution >= 4 is 34.9 Å². The number of likely N-dealkylation sites (tertiary alicyclic amines) is 1. The molecule has 1 aromatic carbocycles. The number of fused-ring (bicyclic) bond motifs is 1. The second kappa shape index (κ2) is 8.31. The second-order valence-corrected chi connectivity index (χ2v) is 9.99. The molecule has 1 fully saturated rings. The molecule has 1 saturated heterocycles. The zero-order chi connectivity index (χ0) is 20.4. The van der Waals surface area contributed by atoms with Crippen LogP contribution in [0.25, 0.3) is 0 Å². The Hall–Kier alpha value is -2.13. The standard InChI is InChI=1S/C20H24N4O3S2/c1-13-22-23-19(29-13)28-12-17(25)21-15-11-20(8-7-18(26)24(2)10-9-20)27-16-6-4-3-5-14(15)16/h3-6,15H,7-12H2,1-2H3,(H,21,25)/t15-,20+/m1/s1. The Bertz CT molecular complexity index is 919. The summed E-state index contributed by atoms with van der Waals surface area (Å²) in [4.78, 5) is 26.6. The summed E-state index contributed by atoms with van der Waals surface area (Å²) in [5, 5.41) is 12.1. The lowest BCUT2D eigenvalue weighted by molar-refractivity contribution is -0.129. The van der Waals surface area contributed by atoms with Gasteiger partial charge in [0.25, 0.3) is 0 Å². The lowest BCUT2D eigenvalue weighted by Gasteiger charge is -2.42. The molecule has 1 spiro atoms. The molecule has 0 aliphatic carbocycles. The Morgan fingerprint density at radius 2 is 2.21 bits per heavy atom. The van der Waals surface area contributed by atoms with Crippen LogP contribution in [0.5, 0.6) is 5.75 Å². The van der Waals surface area contributed by atoms with E-state index >= 15 is 0 Å². The van der Waals surface area contributed by atoms with Crippen molar-refractivity contribution in [3.63, 3.8) is 0 Å². The minimum Gasteiger partial charge on any atom is -0.487 e. The molecular formula is C20H24N4O3S2. The summed E-state index contributed by atoms with van der Waals surface area (Å²) in [5.41, 5.74) is 0.558. The van der Waals surface area contributed by atoms with Gasteiger partial charge in [-0.05, 0) is 19.4 Å². The van der Waals surface area contributed by atoms with Gasteiger partial charge >= 0.3 is 0 Å². The van der Waals surface area contributed by atoms with E-state index in [1.54, 1.807) is 4.90 Å². The minimum absolute atomic E-state index is 0.0403. The van der Waals surface area contributed by atoms with Crippen LogP contribution < -0.4 is 10.1 Å². The van der Waals surface area contributed by atoms with E-state index in [4.69, 9.17) is 4.74 Å². The third-order valence-electron chi connectivity index (χ3n) is 5.49. The van der Waals surface area contributed by atoms with Gasteiger partial charge in [0.2, 0.25) is 11.8 Å². The molecule has 2 amide bonds. The summed E-state index contributed by atoms with van der Waals surface area (Å²) in [6.45, 7) is 2.56. The number of hydrogen-bond acceptors (Lipinski definition) is 7. The van der Waals surface area contributed by atoms with Crippen LogP contribution in [0.2, 0.25) is 0 Å². The molecule has 3 heterocycles. The van der Waals surface area contributed by atoms with E-state index in [9.17, 15) is 9.59 Å². The fourth-order valence-electron chi connectivity index (χ4n) is 3.90. The first-order valence-electron chi connectivity index (χ1n) is 9.68. The minimum atomic E-state index is -0.434. The van der Waals surface area contributed by atoms with Crippen molar-refractivity contribution in [2.75, 3.05) is 19.3 Å². The number of benzene rings is 1. The number of aromatic nitrogens is 2. The molecule has 2 aromatic rings. The molecule has 1 aromatic heterocycles. The summed E-state index contributed by atoms with van der Waals surface area (Å²) >= 11 is 2.89. The molecule has 9 heteroatoms. The maximum atomic E-state index is 12.7. The quantitative estimate of drug-likeness (QED) is 0.748. The number of thioether (sulfide) groups is 1. The van der Waals surface area contributed by atoms with E-state index in [-0.39, 0.29) is 17.9 Å². The highest BCUT2D eigenvalue weighted by atomic mass is 32.2. The predicted octanol–water partition coefficient (Wildman–Crippen LogP) is 2.96. The van der Waals surface area contributed by atoms with Gasteiger partial charge < -0.3 is 15.0 Å². The molecule has 4 rings (SSSR count). The van der Waals surface area contributed by atoms with Gasteiger partial charge in [0.1, 0.15) is 16.4 Å². The maximum absolute atomic E-state index is 12.7. The fourth-order valence-corrected chi connectivity index (χ4v) is 5.53. The Balaban J connectivity index is 1.49. The molecule has 29 heavy (non-hydrogen) atoms. The second-order valence-electron chi connectivity index (χ2n) is 7.59. The summed E-state index contributed by atoms with van der Waals surface area (Å²) in [6.07, 6.45) is 2.55. The van der Waals surface area contributed by atoms with Crippen LogP contribution in [-0.2, 0) is 9.59 Å². The molecule has 7 nitrogen and oxygen atoms in total. The van der Waals surface area contributed by atoms with Crippen molar-refractivity contribution in [1.29, 1.82) is 0 Å². The molecule has 0 unspecified atom stereocenters. The highest BCUT2D eigenvalue weighted by molar-refractivity contribution is 8.01. The van der Waals surface area contributed by atoms with Crippen LogP contribution in [0, 0.1) is 6.92 Å². The first-order chi connectivity index (χ1) is 13.9. The van der Waals surface area contributed by atoms with Crippen molar-refractivity contribution in [3.8, 4) is 5.75 Å². The van der Waals surface area contributed by atoms with Crippen molar-refractivity contribution in [3.05, 3.63) is 34.8 Å². The molecule has 0 bridgehead atoms. The van der Waals surface area contributed by atoms with Crippen LogP contribution in [0.15, 0.2) is 28.6 Å². The predicted molar refractivity (Wildman–Crippen MR) is 112 cm³/mol. The van der Waals surface area contributed by atoms with Crippen LogP contribution in [0.1, 0.15) is 42.3 Å².